The van der Waals surface area contributed by atoms with Gasteiger partial charge in [0.15, 0.2) is 23.1 Å². The molecule has 2 amide bonds. The summed E-state index contributed by atoms with van der Waals surface area (Å²) in [6.07, 6.45) is 5.94. The second-order valence-electron chi connectivity index (χ2n) is 11.0. The van der Waals surface area contributed by atoms with Crippen LogP contribution in [0.25, 0.3) is 0 Å². The molecule has 1 saturated carbocycles. The number of benzene rings is 2. The van der Waals surface area contributed by atoms with Crippen molar-refractivity contribution in [3.63, 3.8) is 0 Å². The van der Waals surface area contributed by atoms with E-state index in [1.165, 1.54) is 11.6 Å². The molecule has 2 heterocycles. The number of urea groups is 1. The molecule has 2 N–H and O–H groups in total. The smallest absolute Gasteiger partial charge is 0.319 e. The standard InChI is InChI=1S/C29H38F2N4O3/c1-34-13-9-22(10-14-34)35-15-12-29(19-4-7-25(37-2)26(16-19)38-3)11-8-21(18-27(29)35)33-28(36)32-20-5-6-23(30)24(31)17-20/h4-7,16-17,21-22,27H,8-15,18H2,1-3H3,(H2,32,33,36)/t21-,27+,29+/m1/s1. The number of halogens is 2. The third-order valence-corrected chi connectivity index (χ3v) is 8.93. The van der Waals surface area contributed by atoms with Crippen molar-refractivity contribution in [2.75, 3.05) is 46.2 Å². The maximum absolute atomic E-state index is 13.6. The van der Waals surface area contributed by atoms with Gasteiger partial charge in [0, 0.05) is 35.3 Å². The number of ether oxygens (including phenoxy) is 2. The molecule has 3 atom stereocenters. The molecule has 7 nitrogen and oxygen atoms in total. The Morgan fingerprint density at radius 2 is 1.71 bits per heavy atom. The minimum atomic E-state index is -0.986. The molecule has 0 bridgehead atoms. The maximum atomic E-state index is 13.6. The van der Waals surface area contributed by atoms with Crippen LogP contribution in [0.2, 0.25) is 0 Å². The van der Waals surface area contributed by atoms with E-state index in [4.69, 9.17) is 9.47 Å². The van der Waals surface area contributed by atoms with E-state index in [0.717, 1.165) is 81.8 Å². The van der Waals surface area contributed by atoms with Gasteiger partial charge in [0.25, 0.3) is 0 Å². The Bertz CT molecular complexity index is 1160. The number of hydrogen-bond donors (Lipinski definition) is 2. The molecule has 3 fully saturated rings. The van der Waals surface area contributed by atoms with Crippen molar-refractivity contribution in [1.82, 2.24) is 15.1 Å². The van der Waals surface area contributed by atoms with E-state index < -0.39 is 17.7 Å². The van der Waals surface area contributed by atoms with Crippen LogP contribution in [0.1, 0.15) is 44.1 Å². The Balaban J connectivity index is 1.37. The van der Waals surface area contributed by atoms with Crippen LogP contribution >= 0.6 is 0 Å². The minimum Gasteiger partial charge on any atom is -0.493 e. The second kappa shape index (κ2) is 11.1. The molecule has 2 aromatic rings. The van der Waals surface area contributed by atoms with Crippen LogP contribution in [0.5, 0.6) is 11.5 Å². The van der Waals surface area contributed by atoms with E-state index in [9.17, 15) is 13.6 Å². The Kier molecular flexibility index (Phi) is 7.77. The molecule has 2 aliphatic heterocycles. The summed E-state index contributed by atoms with van der Waals surface area (Å²) in [6.45, 7) is 3.21. The first-order valence-corrected chi connectivity index (χ1v) is 13.5. The predicted octanol–water partition coefficient (Wildman–Crippen LogP) is 4.76. The van der Waals surface area contributed by atoms with Gasteiger partial charge in [0.2, 0.25) is 0 Å². The molecule has 1 aliphatic carbocycles. The van der Waals surface area contributed by atoms with Gasteiger partial charge >= 0.3 is 6.03 Å². The van der Waals surface area contributed by atoms with Crippen LogP contribution in [0.4, 0.5) is 19.3 Å². The number of piperidine rings is 1. The second-order valence-corrected chi connectivity index (χ2v) is 11.0. The van der Waals surface area contributed by atoms with Gasteiger partial charge in [-0.3, -0.25) is 4.90 Å². The van der Waals surface area contributed by atoms with Crippen molar-refractivity contribution in [1.29, 1.82) is 0 Å². The van der Waals surface area contributed by atoms with E-state index in [0.29, 0.717) is 6.04 Å². The van der Waals surface area contributed by atoms with Crippen molar-refractivity contribution in [3.05, 3.63) is 53.6 Å². The Morgan fingerprint density at radius 1 is 0.947 bits per heavy atom. The third kappa shape index (κ3) is 5.18. The number of carbonyl (C=O) groups is 1. The molecule has 5 rings (SSSR count). The summed E-state index contributed by atoms with van der Waals surface area (Å²) >= 11 is 0. The molecule has 206 valence electrons. The first kappa shape index (κ1) is 26.7. The summed E-state index contributed by atoms with van der Waals surface area (Å²) in [5.41, 5.74) is 1.46. The van der Waals surface area contributed by atoms with Crippen LogP contribution < -0.4 is 20.1 Å². The zero-order chi connectivity index (χ0) is 26.9. The number of anilines is 1. The molecule has 2 saturated heterocycles. The molecule has 0 aromatic heterocycles. The number of carbonyl (C=O) groups excluding carboxylic acids is 1. The lowest BCUT2D eigenvalue weighted by Gasteiger charge is -2.48. The number of nitrogens with zero attached hydrogens (tertiary/aromatic N) is 2. The van der Waals surface area contributed by atoms with Gasteiger partial charge < -0.3 is 25.0 Å². The van der Waals surface area contributed by atoms with Crippen molar-refractivity contribution >= 4 is 11.7 Å². The van der Waals surface area contributed by atoms with Gasteiger partial charge in [0.05, 0.1) is 14.2 Å². The van der Waals surface area contributed by atoms with E-state index in [1.807, 2.05) is 6.07 Å². The fraction of sp³-hybridized carbons (Fsp3) is 0.552. The molecule has 9 heteroatoms. The molecule has 38 heavy (non-hydrogen) atoms. The van der Waals surface area contributed by atoms with Crippen molar-refractivity contribution in [2.24, 2.45) is 0 Å². The lowest BCUT2D eigenvalue weighted by molar-refractivity contribution is 0.0673. The Hall–Kier alpha value is -2.91. The summed E-state index contributed by atoms with van der Waals surface area (Å²) in [5.74, 6) is -0.467. The normalized spacial score (nSPS) is 26.6. The third-order valence-electron chi connectivity index (χ3n) is 8.93. The number of hydrogen-bond acceptors (Lipinski definition) is 5. The van der Waals surface area contributed by atoms with Crippen LogP contribution in [0.3, 0.4) is 0 Å². The molecule has 0 spiro atoms. The van der Waals surface area contributed by atoms with Crippen molar-refractivity contribution in [2.45, 2.75) is 62.1 Å². The first-order valence-electron chi connectivity index (χ1n) is 13.5. The van der Waals surface area contributed by atoms with E-state index in [2.05, 4.69) is 39.6 Å². The molecule has 0 radical (unpaired) electrons. The largest absolute Gasteiger partial charge is 0.493 e. The van der Waals surface area contributed by atoms with Gasteiger partial charge in [-0.25, -0.2) is 13.6 Å². The monoisotopic (exact) mass is 528 g/mol. The van der Waals surface area contributed by atoms with Gasteiger partial charge in [-0.1, -0.05) is 6.07 Å². The van der Waals surface area contributed by atoms with Crippen LogP contribution in [-0.2, 0) is 5.41 Å². The fourth-order valence-electron chi connectivity index (χ4n) is 6.89. The van der Waals surface area contributed by atoms with Gasteiger partial charge in [-0.05, 0) is 95.0 Å². The molecular weight excluding hydrogens is 490 g/mol. The highest BCUT2D eigenvalue weighted by molar-refractivity contribution is 5.89. The lowest BCUT2D eigenvalue weighted by Crippen LogP contribution is -2.56. The van der Waals surface area contributed by atoms with E-state index in [1.54, 1.807) is 14.2 Å². The highest BCUT2D eigenvalue weighted by Gasteiger charge is 2.53. The van der Waals surface area contributed by atoms with Gasteiger partial charge in [-0.15, -0.1) is 0 Å². The van der Waals surface area contributed by atoms with Gasteiger partial charge in [0.1, 0.15) is 0 Å². The summed E-state index contributed by atoms with van der Waals surface area (Å²) in [6, 6.07) is 10.1. The van der Waals surface area contributed by atoms with Crippen molar-refractivity contribution < 1.29 is 23.0 Å². The van der Waals surface area contributed by atoms with Crippen LogP contribution in [-0.4, -0.2) is 74.9 Å². The SMILES string of the molecule is COc1ccc([C@@]23CC[C@@H](NC(=O)Nc4ccc(F)c(F)c4)C[C@@H]2N(C2CCN(C)CC2)CC3)cc1OC. The topological polar surface area (TPSA) is 66.1 Å². The van der Waals surface area contributed by atoms with Crippen molar-refractivity contribution in [3.8, 4) is 11.5 Å². The summed E-state index contributed by atoms with van der Waals surface area (Å²) in [4.78, 5) is 17.9. The highest BCUT2D eigenvalue weighted by Crippen LogP contribution is 2.51. The van der Waals surface area contributed by atoms with E-state index in [-0.39, 0.29) is 23.2 Å². The lowest BCUT2D eigenvalue weighted by atomic mass is 9.65. The quantitative estimate of drug-likeness (QED) is 0.566. The summed E-state index contributed by atoms with van der Waals surface area (Å²) < 4.78 is 38.1. The average Bonchev–Trinajstić information content (AvgIpc) is 3.30. The number of amides is 2. The number of nitrogens with one attached hydrogen (secondary N) is 2. The van der Waals surface area contributed by atoms with Crippen LogP contribution in [0.15, 0.2) is 36.4 Å². The minimum absolute atomic E-state index is 0.0228. The molecule has 2 aromatic carbocycles. The zero-order valence-corrected chi connectivity index (χ0v) is 22.4. The molecular formula is C29H38F2N4O3. The number of fused-ring (bicyclic) bond motifs is 1. The number of methoxy groups -OCH3 is 2. The maximum Gasteiger partial charge on any atom is 0.319 e. The Labute approximate surface area is 223 Å². The van der Waals surface area contributed by atoms with Crippen LogP contribution in [0, 0.1) is 11.6 Å². The first-order chi connectivity index (χ1) is 18.3. The molecule has 0 unspecified atom stereocenters. The predicted molar refractivity (Wildman–Crippen MR) is 143 cm³/mol. The number of likely N-dealkylation sites (tertiary alicyclic amines) is 2. The zero-order valence-electron chi connectivity index (χ0n) is 22.4. The van der Waals surface area contributed by atoms with Gasteiger partial charge in [-0.2, -0.15) is 0 Å². The number of rotatable bonds is 6. The summed E-state index contributed by atoms with van der Waals surface area (Å²) in [5, 5.41) is 5.77. The van der Waals surface area contributed by atoms with E-state index >= 15 is 0 Å². The summed E-state index contributed by atoms with van der Waals surface area (Å²) in [7, 11) is 5.50. The molecule has 3 aliphatic rings. The fourth-order valence-corrected chi connectivity index (χ4v) is 6.89. The highest BCUT2D eigenvalue weighted by atomic mass is 19.2. The average molecular weight is 529 g/mol. The Morgan fingerprint density at radius 3 is 2.42 bits per heavy atom.